The summed E-state index contributed by atoms with van der Waals surface area (Å²) >= 11 is 0. The molecule has 0 spiro atoms. The second-order valence-electron chi connectivity index (χ2n) is 5.37. The number of carbonyl (C=O) groups is 3. The maximum Gasteiger partial charge on any atom is 0.315 e. The average Bonchev–Trinajstić information content (AvgIpc) is 2.37. The fourth-order valence-corrected chi connectivity index (χ4v) is 2.21. The van der Waals surface area contributed by atoms with Crippen molar-refractivity contribution >= 4 is 17.9 Å². The van der Waals surface area contributed by atoms with Gasteiger partial charge in [-0.1, -0.05) is 6.42 Å². The van der Waals surface area contributed by atoms with Gasteiger partial charge in [0.15, 0.2) is 0 Å². The summed E-state index contributed by atoms with van der Waals surface area (Å²) in [6, 6.07) is -0.431. The number of carboxylic acids is 1. The summed E-state index contributed by atoms with van der Waals surface area (Å²) in [5.41, 5.74) is -0.312. The zero-order valence-corrected chi connectivity index (χ0v) is 12.1. The van der Waals surface area contributed by atoms with Crippen molar-refractivity contribution in [3.63, 3.8) is 0 Å². The second-order valence-corrected chi connectivity index (χ2v) is 5.37. The van der Waals surface area contributed by atoms with Gasteiger partial charge in [0.2, 0.25) is 5.91 Å². The number of aliphatic carboxylic acids is 1. The molecule has 3 amide bonds. The number of nitrogens with zero attached hydrogens (tertiary/aromatic N) is 1. The highest BCUT2D eigenvalue weighted by Crippen LogP contribution is 2.43. The van der Waals surface area contributed by atoms with Gasteiger partial charge in [0.1, 0.15) is 0 Å². The lowest BCUT2D eigenvalue weighted by molar-refractivity contribution is -0.141. The van der Waals surface area contributed by atoms with Crippen LogP contribution >= 0.6 is 0 Å². The standard InChI is InChI=1S/C13H23N3O4/c1-3-16(2)10(17)8-14-12(20)15-9-13(5-4-6-13)7-11(18)19/h3-9H2,1-2H3,(H,18,19)(H2,14,15,20). The van der Waals surface area contributed by atoms with Crippen molar-refractivity contribution in [3.8, 4) is 0 Å². The van der Waals surface area contributed by atoms with Crippen LogP contribution in [0.2, 0.25) is 0 Å². The van der Waals surface area contributed by atoms with E-state index < -0.39 is 12.0 Å². The van der Waals surface area contributed by atoms with Crippen LogP contribution in [0.1, 0.15) is 32.6 Å². The lowest BCUT2D eigenvalue weighted by Crippen LogP contribution is -2.48. The van der Waals surface area contributed by atoms with Crippen molar-refractivity contribution in [3.05, 3.63) is 0 Å². The quantitative estimate of drug-likeness (QED) is 0.631. The number of likely N-dealkylation sites (N-methyl/N-ethyl adjacent to an activating group) is 1. The van der Waals surface area contributed by atoms with Crippen LogP contribution in [0.15, 0.2) is 0 Å². The molecule has 1 aliphatic rings. The van der Waals surface area contributed by atoms with E-state index in [0.717, 1.165) is 19.3 Å². The molecule has 1 aliphatic carbocycles. The number of rotatable bonds is 7. The summed E-state index contributed by atoms with van der Waals surface area (Å²) in [6.45, 7) is 2.72. The normalized spacial score (nSPS) is 15.9. The van der Waals surface area contributed by atoms with Crippen LogP contribution < -0.4 is 10.6 Å². The molecule has 0 heterocycles. The molecule has 20 heavy (non-hydrogen) atoms. The van der Waals surface area contributed by atoms with Crippen molar-refractivity contribution in [1.82, 2.24) is 15.5 Å². The Morgan fingerprint density at radius 1 is 1.25 bits per heavy atom. The Hall–Kier alpha value is -1.79. The maximum absolute atomic E-state index is 11.6. The number of carbonyl (C=O) groups excluding carboxylic acids is 2. The van der Waals surface area contributed by atoms with Crippen molar-refractivity contribution in [2.24, 2.45) is 5.41 Å². The van der Waals surface area contributed by atoms with E-state index in [9.17, 15) is 14.4 Å². The van der Waals surface area contributed by atoms with Crippen LogP contribution in [0.4, 0.5) is 4.79 Å². The highest BCUT2D eigenvalue weighted by molar-refractivity contribution is 5.83. The predicted octanol–water partition coefficient (Wildman–Crippen LogP) is 0.409. The van der Waals surface area contributed by atoms with Crippen LogP contribution in [0.5, 0.6) is 0 Å². The monoisotopic (exact) mass is 285 g/mol. The summed E-state index contributed by atoms with van der Waals surface area (Å²) in [5, 5.41) is 14.0. The fourth-order valence-electron chi connectivity index (χ4n) is 2.21. The highest BCUT2D eigenvalue weighted by Gasteiger charge is 2.39. The van der Waals surface area contributed by atoms with Crippen LogP contribution in [-0.4, -0.2) is 54.6 Å². The number of carboxylic acid groups (broad SMARTS) is 1. The number of nitrogens with one attached hydrogen (secondary N) is 2. The fraction of sp³-hybridized carbons (Fsp3) is 0.769. The third-order valence-electron chi connectivity index (χ3n) is 3.86. The minimum Gasteiger partial charge on any atom is -0.481 e. The van der Waals surface area contributed by atoms with Crippen molar-refractivity contribution in [2.45, 2.75) is 32.6 Å². The molecule has 0 aliphatic heterocycles. The van der Waals surface area contributed by atoms with Gasteiger partial charge < -0.3 is 20.6 Å². The maximum atomic E-state index is 11.6. The van der Waals surface area contributed by atoms with Crippen LogP contribution in [0, 0.1) is 5.41 Å². The van der Waals surface area contributed by atoms with Gasteiger partial charge in [0.25, 0.3) is 0 Å². The molecule has 0 bridgehead atoms. The molecule has 7 heteroatoms. The van der Waals surface area contributed by atoms with E-state index in [-0.39, 0.29) is 24.3 Å². The van der Waals surface area contributed by atoms with Crippen LogP contribution in [0.25, 0.3) is 0 Å². The Morgan fingerprint density at radius 3 is 2.35 bits per heavy atom. The molecule has 0 aromatic heterocycles. The van der Waals surface area contributed by atoms with Gasteiger partial charge in [0.05, 0.1) is 13.0 Å². The molecule has 0 unspecified atom stereocenters. The molecular formula is C13H23N3O4. The lowest BCUT2D eigenvalue weighted by atomic mass is 9.66. The number of amides is 3. The Kier molecular flexibility index (Phi) is 5.79. The Balaban J connectivity index is 2.29. The SMILES string of the molecule is CCN(C)C(=O)CNC(=O)NCC1(CC(=O)O)CCC1. The van der Waals surface area contributed by atoms with E-state index in [1.807, 2.05) is 6.92 Å². The van der Waals surface area contributed by atoms with Crippen molar-refractivity contribution in [1.29, 1.82) is 0 Å². The van der Waals surface area contributed by atoms with E-state index >= 15 is 0 Å². The number of hydrogen-bond acceptors (Lipinski definition) is 3. The molecule has 1 rings (SSSR count). The first-order valence-corrected chi connectivity index (χ1v) is 6.86. The van der Waals surface area contributed by atoms with Gasteiger partial charge in [-0.25, -0.2) is 4.79 Å². The lowest BCUT2D eigenvalue weighted by Gasteiger charge is -2.40. The summed E-state index contributed by atoms with van der Waals surface area (Å²) in [4.78, 5) is 35.4. The van der Waals surface area contributed by atoms with Gasteiger partial charge in [-0.3, -0.25) is 9.59 Å². The van der Waals surface area contributed by atoms with E-state index in [1.165, 1.54) is 4.90 Å². The second kappa shape index (κ2) is 7.12. The van der Waals surface area contributed by atoms with Gasteiger partial charge in [0, 0.05) is 20.1 Å². The first kappa shape index (κ1) is 16.3. The number of urea groups is 1. The first-order valence-electron chi connectivity index (χ1n) is 6.86. The minimum absolute atomic E-state index is 0.0535. The first-order chi connectivity index (χ1) is 9.38. The summed E-state index contributed by atoms with van der Waals surface area (Å²) < 4.78 is 0. The molecule has 0 aromatic rings. The molecular weight excluding hydrogens is 262 g/mol. The topological polar surface area (TPSA) is 98.7 Å². The largest absolute Gasteiger partial charge is 0.481 e. The zero-order valence-electron chi connectivity index (χ0n) is 12.1. The molecule has 7 nitrogen and oxygen atoms in total. The smallest absolute Gasteiger partial charge is 0.315 e. The highest BCUT2D eigenvalue weighted by atomic mass is 16.4. The van der Waals surface area contributed by atoms with Gasteiger partial charge in [-0.15, -0.1) is 0 Å². The summed E-state index contributed by atoms with van der Waals surface area (Å²) in [7, 11) is 1.66. The third-order valence-corrected chi connectivity index (χ3v) is 3.86. The summed E-state index contributed by atoms with van der Waals surface area (Å²) in [5.74, 6) is -1.00. The van der Waals surface area contributed by atoms with Gasteiger partial charge >= 0.3 is 12.0 Å². The molecule has 1 fully saturated rings. The Labute approximate surface area is 118 Å². The van der Waals surface area contributed by atoms with Crippen molar-refractivity contribution in [2.75, 3.05) is 26.7 Å². The Morgan fingerprint density at radius 2 is 1.90 bits per heavy atom. The minimum atomic E-state index is -0.841. The summed E-state index contributed by atoms with van der Waals surface area (Å²) in [6.07, 6.45) is 2.70. The average molecular weight is 285 g/mol. The zero-order chi connectivity index (χ0) is 15.2. The van der Waals surface area contributed by atoms with Gasteiger partial charge in [-0.05, 0) is 25.2 Å². The predicted molar refractivity (Wildman–Crippen MR) is 73.2 cm³/mol. The molecule has 1 saturated carbocycles. The van der Waals surface area contributed by atoms with E-state index in [1.54, 1.807) is 7.05 Å². The molecule has 0 saturated heterocycles. The van der Waals surface area contributed by atoms with E-state index in [2.05, 4.69) is 10.6 Å². The molecule has 114 valence electrons. The molecule has 0 radical (unpaired) electrons. The van der Waals surface area contributed by atoms with E-state index in [4.69, 9.17) is 5.11 Å². The molecule has 0 aromatic carbocycles. The van der Waals surface area contributed by atoms with E-state index in [0.29, 0.717) is 13.1 Å². The Bertz CT molecular complexity index is 380. The molecule has 3 N–H and O–H groups in total. The number of hydrogen-bond donors (Lipinski definition) is 3. The van der Waals surface area contributed by atoms with Crippen LogP contribution in [0.3, 0.4) is 0 Å². The molecule has 0 atom stereocenters. The van der Waals surface area contributed by atoms with Crippen LogP contribution in [-0.2, 0) is 9.59 Å². The third kappa shape index (κ3) is 4.71. The van der Waals surface area contributed by atoms with Crippen molar-refractivity contribution < 1.29 is 19.5 Å². The van der Waals surface area contributed by atoms with Gasteiger partial charge in [-0.2, -0.15) is 0 Å².